The zero-order valence-electron chi connectivity index (χ0n) is 14.0. The number of carbonyl (C=O) groups excluding carboxylic acids is 1. The monoisotopic (exact) mass is 362 g/mol. The lowest BCUT2D eigenvalue weighted by atomic mass is 10.1. The van der Waals surface area contributed by atoms with Crippen LogP contribution < -0.4 is 0 Å². The molecule has 24 heavy (non-hydrogen) atoms. The maximum atomic E-state index is 12.6. The van der Waals surface area contributed by atoms with Gasteiger partial charge in [0.2, 0.25) is 5.91 Å². The predicted octanol–water partition coefficient (Wildman–Crippen LogP) is 4.72. The summed E-state index contributed by atoms with van der Waals surface area (Å²) in [6.07, 6.45) is 5.97. The lowest BCUT2D eigenvalue weighted by Crippen LogP contribution is -2.39. The van der Waals surface area contributed by atoms with Gasteiger partial charge in [-0.1, -0.05) is 36.6 Å². The van der Waals surface area contributed by atoms with Crippen molar-refractivity contribution in [2.45, 2.75) is 51.5 Å². The molecule has 1 aromatic heterocycles. The molecule has 1 aliphatic carbocycles. The second-order valence-corrected chi connectivity index (χ2v) is 7.71. The number of aromatic nitrogens is 1. The van der Waals surface area contributed by atoms with Crippen molar-refractivity contribution in [3.05, 3.63) is 50.9 Å². The van der Waals surface area contributed by atoms with Gasteiger partial charge in [-0.25, -0.2) is 4.98 Å². The summed E-state index contributed by atoms with van der Waals surface area (Å²) in [7, 11) is 0. The zero-order valence-corrected chi connectivity index (χ0v) is 15.6. The van der Waals surface area contributed by atoms with E-state index in [0.29, 0.717) is 12.5 Å². The van der Waals surface area contributed by atoms with Gasteiger partial charge in [0.25, 0.3) is 0 Å². The maximum absolute atomic E-state index is 12.6. The van der Waals surface area contributed by atoms with E-state index in [4.69, 9.17) is 11.6 Å². The van der Waals surface area contributed by atoms with Crippen LogP contribution in [0.2, 0.25) is 5.02 Å². The normalized spacial score (nSPS) is 14.9. The summed E-state index contributed by atoms with van der Waals surface area (Å²) in [6.45, 7) is 2.87. The topological polar surface area (TPSA) is 33.2 Å². The zero-order chi connectivity index (χ0) is 16.9. The van der Waals surface area contributed by atoms with Gasteiger partial charge in [-0.15, -0.1) is 11.3 Å². The Kier molecular flexibility index (Phi) is 5.90. The number of rotatable bonds is 6. The minimum atomic E-state index is 0.212. The van der Waals surface area contributed by atoms with Crippen LogP contribution in [0.5, 0.6) is 0 Å². The molecule has 1 aromatic carbocycles. The fourth-order valence-corrected chi connectivity index (χ4v) is 4.48. The lowest BCUT2D eigenvalue weighted by Gasteiger charge is -2.27. The Morgan fingerprint density at radius 3 is 2.88 bits per heavy atom. The molecule has 0 unspecified atom stereocenters. The van der Waals surface area contributed by atoms with E-state index >= 15 is 0 Å². The molecule has 1 fully saturated rings. The van der Waals surface area contributed by atoms with E-state index in [0.717, 1.165) is 47.1 Å². The van der Waals surface area contributed by atoms with Crippen molar-refractivity contribution in [2.24, 2.45) is 0 Å². The molecule has 0 N–H and O–H groups in total. The smallest absolute Gasteiger partial charge is 0.228 e. The number of nitrogens with zero attached hydrogens (tertiary/aromatic N) is 2. The van der Waals surface area contributed by atoms with E-state index in [9.17, 15) is 4.79 Å². The summed E-state index contributed by atoms with van der Waals surface area (Å²) in [5.41, 5.74) is 2.04. The molecule has 0 saturated heterocycles. The number of halogens is 1. The molecular weight excluding hydrogens is 340 g/mol. The molecule has 2 aromatic rings. The van der Waals surface area contributed by atoms with Crippen molar-refractivity contribution in [3.63, 3.8) is 0 Å². The van der Waals surface area contributed by atoms with Crippen LogP contribution in [0.1, 0.15) is 48.9 Å². The van der Waals surface area contributed by atoms with Crippen LogP contribution in [0.25, 0.3) is 0 Å². The Hall–Kier alpha value is -1.39. The van der Waals surface area contributed by atoms with Crippen LogP contribution in [-0.2, 0) is 17.6 Å². The van der Waals surface area contributed by atoms with Crippen LogP contribution in [0.15, 0.2) is 29.6 Å². The van der Waals surface area contributed by atoms with Crippen LogP contribution in [0.3, 0.4) is 0 Å². The Morgan fingerprint density at radius 1 is 1.38 bits per heavy atom. The lowest BCUT2D eigenvalue weighted by molar-refractivity contribution is -0.132. The first-order valence-electron chi connectivity index (χ1n) is 8.63. The third-order valence-electron chi connectivity index (χ3n) is 4.60. The minimum Gasteiger partial charge on any atom is -0.340 e. The summed E-state index contributed by atoms with van der Waals surface area (Å²) in [4.78, 5) is 19.3. The second-order valence-electron chi connectivity index (χ2n) is 6.33. The van der Waals surface area contributed by atoms with E-state index in [1.807, 2.05) is 28.5 Å². The van der Waals surface area contributed by atoms with E-state index in [2.05, 4.69) is 18.0 Å². The fraction of sp³-hybridized carbons (Fsp3) is 0.474. The molecule has 1 saturated carbocycles. The number of likely N-dealkylation sites (N-methyl/N-ethyl adjacent to an activating group) is 1. The van der Waals surface area contributed by atoms with Gasteiger partial charge in [0.05, 0.1) is 17.1 Å². The molecule has 1 amide bonds. The second kappa shape index (κ2) is 8.13. The van der Waals surface area contributed by atoms with Gasteiger partial charge in [-0.2, -0.15) is 0 Å². The summed E-state index contributed by atoms with van der Waals surface area (Å²) in [6, 6.07) is 8.28. The number of hydrogen-bond donors (Lipinski definition) is 0. The maximum Gasteiger partial charge on any atom is 0.228 e. The van der Waals surface area contributed by atoms with Gasteiger partial charge in [-0.05, 0) is 37.5 Å². The quantitative estimate of drug-likeness (QED) is 0.744. The van der Waals surface area contributed by atoms with E-state index in [1.165, 1.54) is 12.8 Å². The molecule has 0 spiro atoms. The van der Waals surface area contributed by atoms with Gasteiger partial charge >= 0.3 is 0 Å². The standard InChI is InChI=1S/C19H23ClN2OS/c1-2-22(17-8-3-4-9-17)19(23)12-16-13-24-18(21-16)11-14-6-5-7-15(20)10-14/h5-7,10,13,17H,2-4,8-9,11-12H2,1H3. The van der Waals surface area contributed by atoms with Crippen molar-refractivity contribution >= 4 is 28.8 Å². The van der Waals surface area contributed by atoms with E-state index in [-0.39, 0.29) is 5.91 Å². The highest BCUT2D eigenvalue weighted by atomic mass is 35.5. The van der Waals surface area contributed by atoms with Crippen molar-refractivity contribution in [3.8, 4) is 0 Å². The number of amides is 1. The Labute approximate surface area is 152 Å². The van der Waals surface area contributed by atoms with Gasteiger partial charge in [0, 0.05) is 29.4 Å². The summed E-state index contributed by atoms with van der Waals surface area (Å²) < 4.78 is 0. The predicted molar refractivity (Wildman–Crippen MR) is 99.7 cm³/mol. The average molecular weight is 363 g/mol. The largest absolute Gasteiger partial charge is 0.340 e. The highest BCUT2D eigenvalue weighted by molar-refractivity contribution is 7.09. The number of carbonyl (C=O) groups is 1. The highest BCUT2D eigenvalue weighted by Crippen LogP contribution is 2.24. The summed E-state index contributed by atoms with van der Waals surface area (Å²) >= 11 is 7.65. The molecule has 3 nitrogen and oxygen atoms in total. The number of hydrogen-bond acceptors (Lipinski definition) is 3. The Morgan fingerprint density at radius 2 is 2.17 bits per heavy atom. The molecule has 128 valence electrons. The van der Waals surface area contributed by atoms with E-state index in [1.54, 1.807) is 11.3 Å². The molecule has 0 atom stereocenters. The fourth-order valence-electron chi connectivity index (χ4n) is 3.44. The molecule has 0 aliphatic heterocycles. The molecule has 0 radical (unpaired) electrons. The molecule has 3 rings (SSSR count). The van der Waals surface area contributed by atoms with Crippen molar-refractivity contribution in [1.29, 1.82) is 0 Å². The molecule has 1 aliphatic rings. The third kappa shape index (κ3) is 4.37. The van der Waals surface area contributed by atoms with Crippen LogP contribution in [-0.4, -0.2) is 28.4 Å². The minimum absolute atomic E-state index is 0.212. The summed E-state index contributed by atoms with van der Waals surface area (Å²) in [5, 5.41) is 3.79. The van der Waals surface area contributed by atoms with Crippen LogP contribution in [0, 0.1) is 0 Å². The number of thiazole rings is 1. The Bertz CT molecular complexity index is 694. The summed E-state index contributed by atoms with van der Waals surface area (Å²) in [5.74, 6) is 0.212. The highest BCUT2D eigenvalue weighted by Gasteiger charge is 2.25. The van der Waals surface area contributed by atoms with Gasteiger partial charge in [0.1, 0.15) is 0 Å². The molecule has 5 heteroatoms. The van der Waals surface area contributed by atoms with Crippen molar-refractivity contribution < 1.29 is 4.79 Å². The third-order valence-corrected chi connectivity index (χ3v) is 5.74. The molecule has 0 bridgehead atoms. The number of benzene rings is 1. The first-order valence-corrected chi connectivity index (χ1v) is 9.88. The Balaban J connectivity index is 1.61. The van der Waals surface area contributed by atoms with Gasteiger partial charge < -0.3 is 4.90 Å². The molecule has 1 heterocycles. The van der Waals surface area contributed by atoms with Gasteiger partial charge in [0.15, 0.2) is 0 Å². The van der Waals surface area contributed by atoms with Crippen LogP contribution >= 0.6 is 22.9 Å². The van der Waals surface area contributed by atoms with Crippen molar-refractivity contribution in [2.75, 3.05) is 6.54 Å². The average Bonchev–Trinajstić information content (AvgIpc) is 3.21. The van der Waals surface area contributed by atoms with E-state index < -0.39 is 0 Å². The van der Waals surface area contributed by atoms with Crippen molar-refractivity contribution in [1.82, 2.24) is 9.88 Å². The van der Waals surface area contributed by atoms with Crippen LogP contribution in [0.4, 0.5) is 0 Å². The van der Waals surface area contributed by atoms with Gasteiger partial charge in [-0.3, -0.25) is 4.79 Å². The first kappa shape index (κ1) is 17.4. The molecular formula is C19H23ClN2OS. The SMILES string of the molecule is CCN(C(=O)Cc1csc(Cc2cccc(Cl)c2)n1)C1CCCC1. The first-order chi connectivity index (χ1) is 11.7.